The van der Waals surface area contributed by atoms with Crippen LogP contribution < -0.4 is 15.0 Å². The molecule has 0 unspecified atom stereocenters. The van der Waals surface area contributed by atoms with Crippen LogP contribution in [-0.2, 0) is 0 Å². The standard InChI is InChI=1S/C18H19BrN2O2S/c1-2-17(24)20-14-7-6-10-16(13-14)23-18(22)21(12-11-19)15-8-4-3-5-9-15/h3-10,13H,2,11-12H2,1H3,(H,20,24). The van der Waals surface area contributed by atoms with E-state index in [0.29, 0.717) is 17.6 Å². The molecule has 4 nitrogen and oxygen atoms in total. The predicted molar refractivity (Wildman–Crippen MR) is 107 cm³/mol. The SMILES string of the molecule is CCC(=S)Nc1cccc(OC(=O)N(CCBr)c2ccccc2)c1. The van der Waals surface area contributed by atoms with Crippen molar-refractivity contribution in [1.29, 1.82) is 0 Å². The number of ether oxygens (including phenoxy) is 1. The van der Waals surface area contributed by atoms with Crippen LogP contribution in [0.25, 0.3) is 0 Å². The highest BCUT2D eigenvalue weighted by molar-refractivity contribution is 9.09. The minimum atomic E-state index is -0.420. The van der Waals surface area contributed by atoms with Gasteiger partial charge in [0.25, 0.3) is 0 Å². The van der Waals surface area contributed by atoms with Gasteiger partial charge in [-0.25, -0.2) is 4.79 Å². The molecule has 0 radical (unpaired) electrons. The number of benzene rings is 2. The van der Waals surface area contributed by atoms with E-state index in [9.17, 15) is 4.79 Å². The van der Waals surface area contributed by atoms with Crippen LogP contribution in [0, 0.1) is 0 Å². The maximum atomic E-state index is 12.5. The van der Waals surface area contributed by atoms with Crippen molar-refractivity contribution in [3.05, 3.63) is 54.6 Å². The fourth-order valence-corrected chi connectivity index (χ4v) is 2.53. The molecular formula is C18H19BrN2O2S. The van der Waals surface area contributed by atoms with Crippen molar-refractivity contribution in [2.24, 2.45) is 0 Å². The second kappa shape index (κ2) is 9.39. The molecule has 0 atom stereocenters. The van der Waals surface area contributed by atoms with E-state index in [1.807, 2.05) is 49.4 Å². The third kappa shape index (κ3) is 5.32. The fourth-order valence-electron chi connectivity index (χ4n) is 2.06. The van der Waals surface area contributed by atoms with Gasteiger partial charge in [0.05, 0.1) is 4.99 Å². The van der Waals surface area contributed by atoms with E-state index in [-0.39, 0.29) is 0 Å². The number of nitrogens with zero attached hydrogens (tertiary/aromatic N) is 1. The maximum absolute atomic E-state index is 12.5. The first-order valence-corrected chi connectivity index (χ1v) is 9.17. The fraction of sp³-hybridized carbons (Fsp3) is 0.222. The number of para-hydroxylation sites is 1. The van der Waals surface area contributed by atoms with Crippen LogP contribution >= 0.6 is 28.1 Å². The predicted octanol–water partition coefficient (Wildman–Crippen LogP) is 5.24. The van der Waals surface area contributed by atoms with Gasteiger partial charge in [0.2, 0.25) is 0 Å². The van der Waals surface area contributed by atoms with E-state index < -0.39 is 6.09 Å². The summed E-state index contributed by atoms with van der Waals surface area (Å²) < 4.78 is 5.52. The van der Waals surface area contributed by atoms with Gasteiger partial charge in [0, 0.05) is 29.3 Å². The van der Waals surface area contributed by atoms with Crippen molar-refractivity contribution >= 4 is 50.6 Å². The molecule has 0 aliphatic carbocycles. The molecule has 2 aromatic rings. The monoisotopic (exact) mass is 406 g/mol. The van der Waals surface area contributed by atoms with E-state index >= 15 is 0 Å². The Balaban J connectivity index is 2.12. The number of alkyl halides is 1. The molecule has 0 fully saturated rings. The molecule has 0 aliphatic heterocycles. The highest BCUT2D eigenvalue weighted by Gasteiger charge is 2.17. The quantitative estimate of drug-likeness (QED) is 0.526. The average Bonchev–Trinajstić information content (AvgIpc) is 2.60. The zero-order chi connectivity index (χ0) is 17.4. The Hall–Kier alpha value is -1.92. The number of halogens is 1. The molecule has 1 amide bonds. The largest absolute Gasteiger partial charge is 0.419 e. The van der Waals surface area contributed by atoms with Crippen LogP contribution in [-0.4, -0.2) is 23.0 Å². The molecule has 1 N–H and O–H groups in total. The Morgan fingerprint density at radius 3 is 2.62 bits per heavy atom. The summed E-state index contributed by atoms with van der Waals surface area (Å²) in [6.07, 6.45) is 0.336. The summed E-state index contributed by atoms with van der Waals surface area (Å²) in [4.78, 5) is 14.9. The summed E-state index contributed by atoms with van der Waals surface area (Å²) in [5.41, 5.74) is 1.60. The lowest BCUT2D eigenvalue weighted by Crippen LogP contribution is -2.35. The van der Waals surface area contributed by atoms with E-state index in [1.54, 1.807) is 17.0 Å². The molecule has 126 valence electrons. The summed E-state index contributed by atoms with van der Waals surface area (Å²) in [5, 5.41) is 3.77. The van der Waals surface area contributed by atoms with Crippen LogP contribution in [0.15, 0.2) is 54.6 Å². The minimum Gasteiger partial charge on any atom is -0.410 e. The Kier molecular flexibility index (Phi) is 7.21. The summed E-state index contributed by atoms with van der Waals surface area (Å²) in [6, 6.07) is 16.6. The molecule has 0 bridgehead atoms. The van der Waals surface area contributed by atoms with Gasteiger partial charge in [-0.3, -0.25) is 4.90 Å². The molecule has 0 aliphatic rings. The normalized spacial score (nSPS) is 10.1. The van der Waals surface area contributed by atoms with Gasteiger partial charge in [-0.1, -0.05) is 59.3 Å². The highest BCUT2D eigenvalue weighted by atomic mass is 79.9. The molecule has 0 aromatic heterocycles. The third-order valence-electron chi connectivity index (χ3n) is 3.24. The number of rotatable bonds is 6. The van der Waals surface area contributed by atoms with E-state index in [2.05, 4.69) is 21.2 Å². The summed E-state index contributed by atoms with van der Waals surface area (Å²) in [7, 11) is 0. The molecule has 6 heteroatoms. The summed E-state index contributed by atoms with van der Waals surface area (Å²) in [6.45, 7) is 2.50. The lowest BCUT2D eigenvalue weighted by molar-refractivity contribution is 0.208. The van der Waals surface area contributed by atoms with Gasteiger partial charge < -0.3 is 10.1 Å². The van der Waals surface area contributed by atoms with Gasteiger partial charge in [-0.05, 0) is 30.7 Å². The smallest absolute Gasteiger partial charge is 0.410 e. The van der Waals surface area contributed by atoms with E-state index in [0.717, 1.165) is 22.8 Å². The first kappa shape index (κ1) is 18.4. The first-order chi connectivity index (χ1) is 11.6. The lowest BCUT2D eigenvalue weighted by atomic mass is 10.3. The summed E-state index contributed by atoms with van der Waals surface area (Å²) in [5.74, 6) is 0.472. The van der Waals surface area contributed by atoms with Crippen molar-refractivity contribution in [2.75, 3.05) is 22.1 Å². The van der Waals surface area contributed by atoms with Gasteiger partial charge >= 0.3 is 6.09 Å². The van der Waals surface area contributed by atoms with E-state index in [4.69, 9.17) is 17.0 Å². The van der Waals surface area contributed by atoms with Crippen LogP contribution in [0.3, 0.4) is 0 Å². The molecule has 2 aromatic carbocycles. The molecule has 0 heterocycles. The zero-order valence-corrected chi connectivity index (χ0v) is 15.8. The minimum absolute atomic E-state index is 0.420. The average molecular weight is 407 g/mol. The van der Waals surface area contributed by atoms with Crippen molar-refractivity contribution in [3.63, 3.8) is 0 Å². The number of nitrogens with one attached hydrogen (secondary N) is 1. The molecule has 0 saturated heterocycles. The molecule has 0 spiro atoms. The number of carbonyl (C=O) groups excluding carboxylic acids is 1. The Labute approximate surface area is 155 Å². The van der Waals surface area contributed by atoms with Gasteiger partial charge in [-0.2, -0.15) is 0 Å². The Morgan fingerprint density at radius 2 is 1.96 bits per heavy atom. The Bertz CT molecular complexity index is 694. The second-order valence-electron chi connectivity index (χ2n) is 4.97. The molecule has 0 saturated carbocycles. The lowest BCUT2D eigenvalue weighted by Gasteiger charge is -2.21. The number of amides is 1. The van der Waals surface area contributed by atoms with Crippen LogP contribution in [0.5, 0.6) is 5.75 Å². The molecule has 2 rings (SSSR count). The maximum Gasteiger partial charge on any atom is 0.419 e. The molecular weight excluding hydrogens is 388 g/mol. The van der Waals surface area contributed by atoms with Gasteiger partial charge in [0.15, 0.2) is 0 Å². The van der Waals surface area contributed by atoms with Crippen LogP contribution in [0.4, 0.5) is 16.2 Å². The van der Waals surface area contributed by atoms with Crippen molar-refractivity contribution < 1.29 is 9.53 Å². The number of hydrogen-bond acceptors (Lipinski definition) is 3. The number of thiocarbonyl (C=S) groups is 1. The van der Waals surface area contributed by atoms with Crippen molar-refractivity contribution in [3.8, 4) is 5.75 Å². The third-order valence-corrected chi connectivity index (χ3v) is 3.99. The molecule has 24 heavy (non-hydrogen) atoms. The number of carbonyl (C=O) groups is 1. The topological polar surface area (TPSA) is 41.6 Å². The Morgan fingerprint density at radius 1 is 1.21 bits per heavy atom. The zero-order valence-electron chi connectivity index (χ0n) is 13.4. The summed E-state index contributed by atoms with van der Waals surface area (Å²) >= 11 is 8.55. The number of anilines is 2. The van der Waals surface area contributed by atoms with Gasteiger partial charge in [0.1, 0.15) is 5.75 Å². The van der Waals surface area contributed by atoms with Crippen LogP contribution in [0.1, 0.15) is 13.3 Å². The first-order valence-electron chi connectivity index (χ1n) is 7.64. The number of hydrogen-bond donors (Lipinski definition) is 1. The van der Waals surface area contributed by atoms with Crippen molar-refractivity contribution in [1.82, 2.24) is 0 Å². The van der Waals surface area contributed by atoms with E-state index in [1.165, 1.54) is 0 Å². The highest BCUT2D eigenvalue weighted by Crippen LogP contribution is 2.21. The van der Waals surface area contributed by atoms with Gasteiger partial charge in [-0.15, -0.1) is 0 Å². The van der Waals surface area contributed by atoms with Crippen molar-refractivity contribution in [2.45, 2.75) is 13.3 Å². The second-order valence-corrected chi connectivity index (χ2v) is 6.26. The van der Waals surface area contributed by atoms with Crippen LogP contribution in [0.2, 0.25) is 0 Å².